The maximum absolute atomic E-state index is 12.6. The molecule has 0 saturated heterocycles. The Balaban J connectivity index is 1.79. The number of aromatic nitrogens is 1. The summed E-state index contributed by atoms with van der Waals surface area (Å²) in [5.41, 5.74) is 2.21. The van der Waals surface area contributed by atoms with Gasteiger partial charge in [0.1, 0.15) is 5.69 Å². The van der Waals surface area contributed by atoms with E-state index in [0.29, 0.717) is 22.1 Å². The SMILES string of the molecule is CC(C)NC(=O)Nc1ccccc1NC(=O)c1cc2ccc(Cl)cc2[nH]1. The molecule has 3 rings (SSSR count). The van der Waals surface area contributed by atoms with Crippen molar-refractivity contribution in [3.63, 3.8) is 0 Å². The van der Waals surface area contributed by atoms with Crippen LogP contribution < -0.4 is 16.0 Å². The Labute approximate surface area is 155 Å². The second kappa shape index (κ2) is 7.49. The van der Waals surface area contributed by atoms with Gasteiger partial charge in [-0.3, -0.25) is 4.79 Å². The van der Waals surface area contributed by atoms with E-state index in [2.05, 4.69) is 20.9 Å². The number of carbonyl (C=O) groups is 2. The van der Waals surface area contributed by atoms with E-state index >= 15 is 0 Å². The van der Waals surface area contributed by atoms with Crippen molar-refractivity contribution in [1.29, 1.82) is 0 Å². The molecule has 1 heterocycles. The van der Waals surface area contributed by atoms with Crippen LogP contribution in [-0.4, -0.2) is 23.0 Å². The summed E-state index contributed by atoms with van der Waals surface area (Å²) in [6.07, 6.45) is 0. The zero-order chi connectivity index (χ0) is 18.7. The summed E-state index contributed by atoms with van der Waals surface area (Å²) in [6, 6.07) is 13.8. The fraction of sp³-hybridized carbons (Fsp3) is 0.158. The van der Waals surface area contributed by atoms with Crippen LogP contribution >= 0.6 is 11.6 Å². The minimum atomic E-state index is -0.332. The lowest BCUT2D eigenvalue weighted by molar-refractivity contribution is 0.102. The molecule has 0 unspecified atom stereocenters. The number of amides is 3. The molecule has 0 aliphatic rings. The van der Waals surface area contributed by atoms with E-state index in [9.17, 15) is 9.59 Å². The molecule has 0 atom stereocenters. The number of halogens is 1. The van der Waals surface area contributed by atoms with Crippen LogP contribution in [0.4, 0.5) is 16.2 Å². The monoisotopic (exact) mass is 370 g/mol. The molecule has 0 radical (unpaired) electrons. The lowest BCUT2D eigenvalue weighted by Gasteiger charge is -2.14. The number of benzene rings is 2. The molecule has 1 aromatic heterocycles. The predicted octanol–water partition coefficient (Wildman–Crippen LogP) is 4.60. The van der Waals surface area contributed by atoms with Crippen LogP contribution in [0.15, 0.2) is 48.5 Å². The van der Waals surface area contributed by atoms with Crippen molar-refractivity contribution in [2.24, 2.45) is 0 Å². The molecule has 3 amide bonds. The predicted molar refractivity (Wildman–Crippen MR) is 105 cm³/mol. The largest absolute Gasteiger partial charge is 0.350 e. The van der Waals surface area contributed by atoms with Gasteiger partial charge in [0.2, 0.25) is 0 Å². The van der Waals surface area contributed by atoms with E-state index in [1.807, 2.05) is 19.9 Å². The Hall–Kier alpha value is -2.99. The maximum Gasteiger partial charge on any atom is 0.319 e. The lowest BCUT2D eigenvalue weighted by atomic mass is 10.2. The Morgan fingerprint density at radius 2 is 1.69 bits per heavy atom. The zero-order valence-corrected chi connectivity index (χ0v) is 15.1. The molecule has 6 nitrogen and oxygen atoms in total. The number of aromatic amines is 1. The van der Waals surface area contributed by atoms with Crippen LogP contribution in [0.1, 0.15) is 24.3 Å². The fourth-order valence-corrected chi connectivity index (χ4v) is 2.71. The van der Waals surface area contributed by atoms with Crippen LogP contribution in [0.3, 0.4) is 0 Å². The highest BCUT2D eigenvalue weighted by molar-refractivity contribution is 6.31. The van der Waals surface area contributed by atoms with Gasteiger partial charge in [0.25, 0.3) is 5.91 Å². The first kappa shape index (κ1) is 17.8. The molecule has 4 N–H and O–H groups in total. The summed E-state index contributed by atoms with van der Waals surface area (Å²) < 4.78 is 0. The van der Waals surface area contributed by atoms with Gasteiger partial charge in [-0.1, -0.05) is 29.8 Å². The highest BCUT2D eigenvalue weighted by Crippen LogP contribution is 2.23. The third-order valence-electron chi connectivity index (χ3n) is 3.67. The van der Waals surface area contributed by atoms with Crippen LogP contribution in [0.5, 0.6) is 0 Å². The van der Waals surface area contributed by atoms with Gasteiger partial charge in [0.15, 0.2) is 0 Å². The van der Waals surface area contributed by atoms with Crippen LogP contribution in [-0.2, 0) is 0 Å². The zero-order valence-electron chi connectivity index (χ0n) is 14.4. The molecule has 134 valence electrons. The third kappa shape index (κ3) is 4.15. The topological polar surface area (TPSA) is 86.0 Å². The average molecular weight is 371 g/mol. The number of fused-ring (bicyclic) bond motifs is 1. The van der Waals surface area contributed by atoms with Gasteiger partial charge in [0.05, 0.1) is 11.4 Å². The van der Waals surface area contributed by atoms with Crippen molar-refractivity contribution in [3.8, 4) is 0 Å². The number of nitrogens with one attached hydrogen (secondary N) is 4. The van der Waals surface area contributed by atoms with Crippen molar-refractivity contribution >= 4 is 45.8 Å². The molecule has 0 aliphatic heterocycles. The highest BCUT2D eigenvalue weighted by Gasteiger charge is 2.13. The maximum atomic E-state index is 12.6. The first-order chi connectivity index (χ1) is 12.4. The number of hydrogen-bond acceptors (Lipinski definition) is 2. The first-order valence-electron chi connectivity index (χ1n) is 8.18. The Bertz CT molecular complexity index is 965. The molecule has 0 aliphatic carbocycles. The molecule has 26 heavy (non-hydrogen) atoms. The van der Waals surface area contributed by atoms with Crippen LogP contribution in [0.2, 0.25) is 5.02 Å². The second-order valence-corrected chi connectivity index (χ2v) is 6.60. The third-order valence-corrected chi connectivity index (χ3v) is 3.91. The number of H-pyrrole nitrogens is 1. The molecule has 0 spiro atoms. The van der Waals surface area contributed by atoms with E-state index in [-0.39, 0.29) is 18.0 Å². The van der Waals surface area contributed by atoms with Gasteiger partial charge in [0, 0.05) is 22.0 Å². The Morgan fingerprint density at radius 1 is 1.00 bits per heavy atom. The molecular weight excluding hydrogens is 352 g/mol. The molecular formula is C19H19ClN4O2. The lowest BCUT2D eigenvalue weighted by Crippen LogP contribution is -2.34. The number of urea groups is 1. The minimum Gasteiger partial charge on any atom is -0.350 e. The molecule has 0 bridgehead atoms. The van der Waals surface area contributed by atoms with Gasteiger partial charge in [-0.05, 0) is 44.2 Å². The van der Waals surface area contributed by atoms with E-state index in [4.69, 9.17) is 11.6 Å². The summed E-state index contributed by atoms with van der Waals surface area (Å²) in [6.45, 7) is 3.74. The summed E-state index contributed by atoms with van der Waals surface area (Å²) in [5.74, 6) is -0.309. The van der Waals surface area contributed by atoms with Gasteiger partial charge >= 0.3 is 6.03 Å². The van der Waals surface area contributed by atoms with Gasteiger partial charge in [-0.25, -0.2) is 4.79 Å². The standard InChI is InChI=1S/C19H19ClN4O2/c1-11(2)21-19(26)24-15-6-4-3-5-14(15)23-18(25)17-9-12-7-8-13(20)10-16(12)22-17/h3-11,22H,1-2H3,(H,23,25)(H2,21,24,26). The highest BCUT2D eigenvalue weighted by atomic mass is 35.5. The van der Waals surface area contributed by atoms with E-state index in [1.165, 1.54) is 0 Å². The number of hydrogen-bond donors (Lipinski definition) is 4. The fourth-order valence-electron chi connectivity index (χ4n) is 2.53. The first-order valence-corrected chi connectivity index (χ1v) is 8.56. The smallest absolute Gasteiger partial charge is 0.319 e. The van der Waals surface area contributed by atoms with E-state index in [1.54, 1.807) is 42.5 Å². The molecule has 0 saturated carbocycles. The van der Waals surface area contributed by atoms with Gasteiger partial charge < -0.3 is 20.9 Å². The molecule has 0 fully saturated rings. The number of carbonyl (C=O) groups excluding carboxylic acids is 2. The van der Waals surface area contributed by atoms with Gasteiger partial charge in [-0.15, -0.1) is 0 Å². The normalized spacial score (nSPS) is 10.8. The Kier molecular flexibility index (Phi) is 5.14. The molecule has 3 aromatic rings. The van der Waals surface area contributed by atoms with Crippen molar-refractivity contribution in [1.82, 2.24) is 10.3 Å². The number of rotatable bonds is 4. The summed E-state index contributed by atoms with van der Waals surface area (Å²) in [4.78, 5) is 27.6. The van der Waals surface area contributed by atoms with Crippen LogP contribution in [0.25, 0.3) is 10.9 Å². The summed E-state index contributed by atoms with van der Waals surface area (Å²) >= 11 is 5.98. The summed E-state index contributed by atoms with van der Waals surface area (Å²) in [5, 5.41) is 9.79. The van der Waals surface area contributed by atoms with E-state index in [0.717, 1.165) is 10.9 Å². The number of para-hydroxylation sites is 2. The quantitative estimate of drug-likeness (QED) is 0.540. The summed E-state index contributed by atoms with van der Waals surface area (Å²) in [7, 11) is 0. The van der Waals surface area contributed by atoms with Crippen molar-refractivity contribution in [2.75, 3.05) is 10.6 Å². The van der Waals surface area contributed by atoms with Gasteiger partial charge in [-0.2, -0.15) is 0 Å². The second-order valence-electron chi connectivity index (χ2n) is 6.17. The average Bonchev–Trinajstić information content (AvgIpc) is 2.99. The molecule has 2 aromatic carbocycles. The van der Waals surface area contributed by atoms with Crippen LogP contribution in [0, 0.1) is 0 Å². The number of anilines is 2. The minimum absolute atomic E-state index is 0.00919. The van der Waals surface area contributed by atoms with Crippen molar-refractivity contribution in [2.45, 2.75) is 19.9 Å². The van der Waals surface area contributed by atoms with Crippen molar-refractivity contribution < 1.29 is 9.59 Å². The van der Waals surface area contributed by atoms with E-state index < -0.39 is 0 Å². The van der Waals surface area contributed by atoms with Crippen molar-refractivity contribution in [3.05, 3.63) is 59.2 Å². The Morgan fingerprint density at radius 3 is 2.38 bits per heavy atom. The molecule has 7 heteroatoms.